The van der Waals surface area contributed by atoms with Crippen LogP contribution in [0.4, 0.5) is 0 Å². The maximum atomic E-state index is 5.34. The molecule has 0 aliphatic carbocycles. The van der Waals surface area contributed by atoms with E-state index in [-0.39, 0.29) is 0 Å². The van der Waals surface area contributed by atoms with Gasteiger partial charge in [0, 0.05) is 34.6 Å². The van der Waals surface area contributed by atoms with Crippen LogP contribution in [0.2, 0.25) is 0 Å². The highest BCUT2D eigenvalue weighted by Gasteiger charge is 2.17. The Morgan fingerprint density at radius 1 is 0.600 bits per heavy atom. The molecule has 3 heteroatoms. The summed E-state index contributed by atoms with van der Waals surface area (Å²) in [5, 5.41) is 5.21. The molecule has 0 bridgehead atoms. The molecule has 0 radical (unpaired) electrons. The molecule has 154 valence electrons. The van der Waals surface area contributed by atoms with E-state index >= 15 is 0 Å². The monoisotopic (exact) mass is 397 g/mol. The van der Waals surface area contributed by atoms with Gasteiger partial charge < -0.3 is 9.13 Å². The highest BCUT2D eigenvalue weighted by Crippen LogP contribution is 2.35. The van der Waals surface area contributed by atoms with Crippen LogP contribution in [0.5, 0.6) is 0 Å². The van der Waals surface area contributed by atoms with Crippen molar-refractivity contribution in [3.63, 3.8) is 0 Å². The Labute approximate surface area is 178 Å². The zero-order valence-electron chi connectivity index (χ0n) is 18.2. The van der Waals surface area contributed by atoms with Crippen molar-refractivity contribution >= 4 is 43.9 Å². The first kappa shape index (κ1) is 19.2. The number of aryl methyl sites for hydroxylation is 2. The third-order valence-corrected chi connectivity index (χ3v) is 6.43. The van der Waals surface area contributed by atoms with E-state index in [9.17, 15) is 0 Å². The van der Waals surface area contributed by atoms with Gasteiger partial charge in [0.05, 0.1) is 11.0 Å². The SMILES string of the molecule is CCCCCn1c2ccccc2c2cc3c4ccccc4n(CCCCC)c3nc21. The van der Waals surface area contributed by atoms with Gasteiger partial charge in [-0.05, 0) is 31.0 Å². The van der Waals surface area contributed by atoms with E-state index in [0.717, 1.165) is 24.4 Å². The molecule has 2 aromatic carbocycles. The van der Waals surface area contributed by atoms with Gasteiger partial charge in [0.2, 0.25) is 0 Å². The third kappa shape index (κ3) is 3.08. The van der Waals surface area contributed by atoms with Gasteiger partial charge in [-0.1, -0.05) is 75.9 Å². The van der Waals surface area contributed by atoms with E-state index in [2.05, 4.69) is 77.6 Å². The van der Waals surface area contributed by atoms with Crippen molar-refractivity contribution in [1.82, 2.24) is 14.1 Å². The minimum Gasteiger partial charge on any atom is -0.325 e. The molecule has 0 N–H and O–H groups in total. The van der Waals surface area contributed by atoms with Crippen LogP contribution in [0.25, 0.3) is 43.9 Å². The number of unbranched alkanes of at least 4 members (excludes halogenated alkanes) is 4. The summed E-state index contributed by atoms with van der Waals surface area (Å²) in [6.07, 6.45) is 7.38. The van der Waals surface area contributed by atoms with Gasteiger partial charge in [0.1, 0.15) is 11.3 Å². The van der Waals surface area contributed by atoms with Crippen LogP contribution in [0.3, 0.4) is 0 Å². The summed E-state index contributed by atoms with van der Waals surface area (Å²) < 4.78 is 4.90. The van der Waals surface area contributed by atoms with Gasteiger partial charge in [-0.15, -0.1) is 0 Å². The number of aromatic nitrogens is 3. The average Bonchev–Trinajstić information content (AvgIpc) is 3.26. The third-order valence-electron chi connectivity index (χ3n) is 6.43. The molecule has 0 aliphatic rings. The first-order chi connectivity index (χ1) is 14.8. The zero-order chi connectivity index (χ0) is 20.5. The standard InChI is InChI=1S/C27H31N3/c1-3-5-11-17-29-24-15-9-7-13-20(24)22-19-23-21-14-8-10-16-25(21)30(18-12-6-4-2)27(23)28-26(22)29/h7-10,13-16,19H,3-6,11-12,17-18H2,1-2H3. The molecule has 0 saturated carbocycles. The van der Waals surface area contributed by atoms with E-state index in [1.165, 1.54) is 71.1 Å². The second-order valence-corrected chi connectivity index (χ2v) is 8.48. The van der Waals surface area contributed by atoms with Gasteiger partial charge in [0.15, 0.2) is 0 Å². The van der Waals surface area contributed by atoms with Gasteiger partial charge >= 0.3 is 0 Å². The van der Waals surface area contributed by atoms with Crippen molar-refractivity contribution < 1.29 is 0 Å². The van der Waals surface area contributed by atoms with Gasteiger partial charge in [-0.25, -0.2) is 4.98 Å². The molecule has 30 heavy (non-hydrogen) atoms. The molecule has 0 amide bonds. The van der Waals surface area contributed by atoms with Crippen LogP contribution in [0, 0.1) is 0 Å². The summed E-state index contributed by atoms with van der Waals surface area (Å²) in [6, 6.07) is 20.0. The number of rotatable bonds is 8. The lowest BCUT2D eigenvalue weighted by Crippen LogP contribution is -2.02. The van der Waals surface area contributed by atoms with Gasteiger partial charge in [-0.2, -0.15) is 0 Å². The minimum atomic E-state index is 1.03. The fourth-order valence-electron chi connectivity index (χ4n) is 4.90. The van der Waals surface area contributed by atoms with Crippen molar-refractivity contribution in [1.29, 1.82) is 0 Å². The molecule has 3 heterocycles. The molecule has 0 aliphatic heterocycles. The minimum absolute atomic E-state index is 1.03. The summed E-state index contributed by atoms with van der Waals surface area (Å²) in [5.74, 6) is 0. The number of hydrogen-bond donors (Lipinski definition) is 0. The van der Waals surface area contributed by atoms with Gasteiger partial charge in [0.25, 0.3) is 0 Å². The fraction of sp³-hybridized carbons (Fsp3) is 0.370. The van der Waals surface area contributed by atoms with E-state index in [4.69, 9.17) is 4.98 Å². The lowest BCUT2D eigenvalue weighted by molar-refractivity contribution is 0.620. The molecule has 0 saturated heterocycles. The number of nitrogens with zero attached hydrogens (tertiary/aromatic N) is 3. The summed E-state index contributed by atoms with van der Waals surface area (Å²) in [7, 11) is 0. The summed E-state index contributed by atoms with van der Waals surface area (Å²) >= 11 is 0. The van der Waals surface area contributed by atoms with Crippen molar-refractivity contribution in [2.75, 3.05) is 0 Å². The number of hydrogen-bond acceptors (Lipinski definition) is 1. The van der Waals surface area contributed by atoms with E-state index in [0.29, 0.717) is 0 Å². The maximum Gasteiger partial charge on any atom is 0.143 e. The number of pyridine rings is 1. The Bertz CT molecular complexity index is 1220. The summed E-state index contributed by atoms with van der Waals surface area (Å²) in [5.41, 5.74) is 4.90. The Morgan fingerprint density at radius 2 is 1.07 bits per heavy atom. The van der Waals surface area contributed by atoms with Crippen LogP contribution < -0.4 is 0 Å². The average molecular weight is 398 g/mol. The molecule has 0 fully saturated rings. The van der Waals surface area contributed by atoms with E-state index in [1.54, 1.807) is 0 Å². The molecule has 0 spiro atoms. The topological polar surface area (TPSA) is 22.8 Å². The Hall–Kier alpha value is -2.81. The van der Waals surface area contributed by atoms with Crippen LogP contribution in [-0.2, 0) is 13.1 Å². The van der Waals surface area contributed by atoms with Crippen molar-refractivity contribution in [2.24, 2.45) is 0 Å². The molecule has 5 aromatic rings. The number of fused-ring (bicyclic) bond motifs is 6. The highest BCUT2D eigenvalue weighted by molar-refractivity contribution is 6.15. The van der Waals surface area contributed by atoms with Crippen LogP contribution >= 0.6 is 0 Å². The smallest absolute Gasteiger partial charge is 0.143 e. The largest absolute Gasteiger partial charge is 0.325 e. The van der Waals surface area contributed by atoms with Crippen LogP contribution in [0.15, 0.2) is 54.6 Å². The van der Waals surface area contributed by atoms with Gasteiger partial charge in [-0.3, -0.25) is 0 Å². The summed E-state index contributed by atoms with van der Waals surface area (Å²) in [6.45, 7) is 6.60. The second-order valence-electron chi connectivity index (χ2n) is 8.48. The number of benzene rings is 2. The van der Waals surface area contributed by atoms with Crippen LogP contribution in [0.1, 0.15) is 52.4 Å². The van der Waals surface area contributed by atoms with Crippen LogP contribution in [-0.4, -0.2) is 14.1 Å². The zero-order valence-corrected chi connectivity index (χ0v) is 18.2. The second kappa shape index (κ2) is 8.14. The molecular formula is C27H31N3. The lowest BCUT2D eigenvalue weighted by atomic mass is 10.1. The first-order valence-corrected chi connectivity index (χ1v) is 11.6. The lowest BCUT2D eigenvalue weighted by Gasteiger charge is -2.08. The van der Waals surface area contributed by atoms with E-state index in [1.807, 2.05) is 0 Å². The Kier molecular flexibility index (Phi) is 5.20. The molecule has 0 atom stereocenters. The molecular weight excluding hydrogens is 366 g/mol. The molecule has 3 nitrogen and oxygen atoms in total. The fourth-order valence-corrected chi connectivity index (χ4v) is 4.90. The maximum absolute atomic E-state index is 5.34. The highest BCUT2D eigenvalue weighted by atomic mass is 15.1. The van der Waals surface area contributed by atoms with Crippen molar-refractivity contribution in [2.45, 2.75) is 65.5 Å². The Balaban J connectivity index is 1.79. The quantitative estimate of drug-likeness (QED) is 0.246. The van der Waals surface area contributed by atoms with E-state index < -0.39 is 0 Å². The molecule has 3 aromatic heterocycles. The predicted molar refractivity (Wildman–Crippen MR) is 129 cm³/mol. The normalized spacial score (nSPS) is 12.1. The Morgan fingerprint density at radius 3 is 1.53 bits per heavy atom. The summed E-state index contributed by atoms with van der Waals surface area (Å²) in [4.78, 5) is 5.34. The first-order valence-electron chi connectivity index (χ1n) is 11.6. The number of para-hydroxylation sites is 2. The molecule has 0 unspecified atom stereocenters. The van der Waals surface area contributed by atoms with Crippen molar-refractivity contribution in [3.8, 4) is 0 Å². The predicted octanol–water partition coefficient (Wildman–Crippen LogP) is 7.68. The molecule has 5 rings (SSSR count). The van der Waals surface area contributed by atoms with Crippen molar-refractivity contribution in [3.05, 3.63) is 54.6 Å².